The minimum Gasteiger partial charge on any atom is -0.346 e. The molecule has 1 atom stereocenters. The second kappa shape index (κ2) is 6.20. The van der Waals surface area contributed by atoms with Crippen LogP contribution >= 0.6 is 0 Å². The molecule has 2 heterocycles. The van der Waals surface area contributed by atoms with Gasteiger partial charge in [-0.15, -0.1) is 0 Å². The number of benzene rings is 1. The monoisotopic (exact) mass is 285 g/mol. The van der Waals surface area contributed by atoms with Crippen molar-refractivity contribution in [2.24, 2.45) is 0 Å². The molecule has 1 saturated heterocycles. The standard InChI is InChI=1S/C18H27N3/c1-19(2)12-13-21-11-9-15-7-8-16(14-18(15)21)17-6-4-5-10-20(17)3/h7-9,11,14,17H,4-6,10,12-13H2,1-3H3. The van der Waals surface area contributed by atoms with Gasteiger partial charge in [0.1, 0.15) is 0 Å². The fraction of sp³-hybridized carbons (Fsp3) is 0.556. The topological polar surface area (TPSA) is 11.4 Å². The number of nitrogens with zero attached hydrogens (tertiary/aromatic N) is 3. The summed E-state index contributed by atoms with van der Waals surface area (Å²) in [4.78, 5) is 4.75. The lowest BCUT2D eigenvalue weighted by atomic mass is 9.95. The van der Waals surface area contributed by atoms with E-state index in [2.05, 4.69) is 66.0 Å². The molecule has 1 aliphatic rings. The van der Waals surface area contributed by atoms with Crippen molar-refractivity contribution in [3.8, 4) is 0 Å². The van der Waals surface area contributed by atoms with Crippen LogP contribution in [0.5, 0.6) is 0 Å². The lowest BCUT2D eigenvalue weighted by Crippen LogP contribution is -2.29. The van der Waals surface area contributed by atoms with E-state index in [1.54, 1.807) is 0 Å². The first-order chi connectivity index (χ1) is 10.1. The second-order valence-corrected chi connectivity index (χ2v) is 6.62. The van der Waals surface area contributed by atoms with E-state index in [-0.39, 0.29) is 0 Å². The highest BCUT2D eigenvalue weighted by Gasteiger charge is 2.21. The number of aromatic nitrogens is 1. The third kappa shape index (κ3) is 3.14. The Morgan fingerprint density at radius 2 is 2.05 bits per heavy atom. The number of rotatable bonds is 4. The van der Waals surface area contributed by atoms with E-state index in [1.165, 1.54) is 42.3 Å². The van der Waals surface area contributed by atoms with Crippen LogP contribution in [0, 0.1) is 0 Å². The molecule has 0 radical (unpaired) electrons. The van der Waals surface area contributed by atoms with E-state index in [0.29, 0.717) is 6.04 Å². The van der Waals surface area contributed by atoms with Gasteiger partial charge in [-0.25, -0.2) is 0 Å². The lowest BCUT2D eigenvalue weighted by Gasteiger charge is -2.32. The predicted octanol–water partition coefficient (Wildman–Crippen LogP) is 3.36. The second-order valence-electron chi connectivity index (χ2n) is 6.62. The zero-order valence-corrected chi connectivity index (χ0v) is 13.5. The predicted molar refractivity (Wildman–Crippen MR) is 89.7 cm³/mol. The molecule has 3 rings (SSSR count). The first kappa shape index (κ1) is 14.6. The van der Waals surface area contributed by atoms with Crippen molar-refractivity contribution in [3.63, 3.8) is 0 Å². The zero-order valence-electron chi connectivity index (χ0n) is 13.5. The van der Waals surface area contributed by atoms with Crippen LogP contribution in [-0.4, -0.2) is 48.6 Å². The van der Waals surface area contributed by atoms with Crippen LogP contribution in [0.1, 0.15) is 30.9 Å². The van der Waals surface area contributed by atoms with E-state index in [0.717, 1.165) is 13.1 Å². The van der Waals surface area contributed by atoms with Crippen LogP contribution < -0.4 is 0 Å². The van der Waals surface area contributed by atoms with Gasteiger partial charge in [-0.1, -0.05) is 18.6 Å². The molecular weight excluding hydrogens is 258 g/mol. The molecule has 0 bridgehead atoms. The van der Waals surface area contributed by atoms with Crippen LogP contribution in [0.15, 0.2) is 30.5 Å². The maximum Gasteiger partial charge on any atom is 0.0484 e. The summed E-state index contributed by atoms with van der Waals surface area (Å²) in [6.07, 6.45) is 6.21. The molecule has 0 aliphatic carbocycles. The van der Waals surface area contributed by atoms with Crippen LogP contribution in [0.3, 0.4) is 0 Å². The summed E-state index contributed by atoms with van der Waals surface area (Å²) in [5, 5.41) is 1.36. The van der Waals surface area contributed by atoms with Gasteiger partial charge >= 0.3 is 0 Å². The van der Waals surface area contributed by atoms with Gasteiger partial charge in [-0.05, 0) is 63.6 Å². The van der Waals surface area contributed by atoms with E-state index < -0.39 is 0 Å². The van der Waals surface area contributed by atoms with Gasteiger partial charge < -0.3 is 9.47 Å². The molecule has 0 saturated carbocycles. The average molecular weight is 285 g/mol. The van der Waals surface area contributed by atoms with E-state index in [4.69, 9.17) is 0 Å². The molecule has 0 spiro atoms. The number of likely N-dealkylation sites (tertiary alicyclic amines) is 1. The summed E-state index contributed by atoms with van der Waals surface area (Å²) >= 11 is 0. The largest absolute Gasteiger partial charge is 0.346 e. The van der Waals surface area contributed by atoms with Crippen molar-refractivity contribution >= 4 is 10.9 Å². The summed E-state index contributed by atoms with van der Waals surface area (Å²) < 4.78 is 2.39. The fourth-order valence-electron chi connectivity index (χ4n) is 3.41. The highest BCUT2D eigenvalue weighted by atomic mass is 15.1. The van der Waals surface area contributed by atoms with Crippen molar-refractivity contribution < 1.29 is 0 Å². The summed E-state index contributed by atoms with van der Waals surface area (Å²) in [6.45, 7) is 3.36. The average Bonchev–Trinajstić information content (AvgIpc) is 2.88. The van der Waals surface area contributed by atoms with Crippen molar-refractivity contribution in [2.75, 3.05) is 34.2 Å². The molecule has 3 heteroatoms. The van der Waals surface area contributed by atoms with E-state index in [9.17, 15) is 0 Å². The summed E-state index contributed by atoms with van der Waals surface area (Å²) in [6, 6.07) is 9.86. The number of hydrogen-bond donors (Lipinski definition) is 0. The Morgan fingerprint density at radius 3 is 2.81 bits per heavy atom. The summed E-state index contributed by atoms with van der Waals surface area (Å²) in [7, 11) is 6.53. The molecule has 114 valence electrons. The van der Waals surface area contributed by atoms with Crippen molar-refractivity contribution in [3.05, 3.63) is 36.0 Å². The smallest absolute Gasteiger partial charge is 0.0484 e. The third-order valence-electron chi connectivity index (χ3n) is 4.74. The van der Waals surface area contributed by atoms with Crippen molar-refractivity contribution in [1.29, 1.82) is 0 Å². The molecule has 1 unspecified atom stereocenters. The van der Waals surface area contributed by atoms with Gasteiger partial charge in [0.15, 0.2) is 0 Å². The molecule has 3 nitrogen and oxygen atoms in total. The Hall–Kier alpha value is -1.32. The summed E-state index contributed by atoms with van der Waals surface area (Å²) in [5.41, 5.74) is 2.86. The fourth-order valence-corrected chi connectivity index (χ4v) is 3.41. The highest BCUT2D eigenvalue weighted by molar-refractivity contribution is 5.81. The Bertz CT molecular complexity index is 600. The maximum atomic E-state index is 2.51. The molecule has 1 aliphatic heterocycles. The van der Waals surface area contributed by atoms with Crippen LogP contribution in [0.4, 0.5) is 0 Å². The van der Waals surface area contributed by atoms with Gasteiger partial charge in [-0.3, -0.25) is 4.90 Å². The Kier molecular flexibility index (Phi) is 4.32. The molecule has 0 N–H and O–H groups in total. The lowest BCUT2D eigenvalue weighted by molar-refractivity contribution is 0.187. The van der Waals surface area contributed by atoms with Crippen LogP contribution in [0.25, 0.3) is 10.9 Å². The van der Waals surface area contributed by atoms with Gasteiger partial charge in [0.2, 0.25) is 0 Å². The molecule has 1 aromatic carbocycles. The van der Waals surface area contributed by atoms with Gasteiger partial charge in [0, 0.05) is 30.8 Å². The maximum absolute atomic E-state index is 2.51. The Balaban J connectivity index is 1.89. The van der Waals surface area contributed by atoms with Crippen LogP contribution in [0.2, 0.25) is 0 Å². The van der Waals surface area contributed by atoms with Gasteiger partial charge in [0.25, 0.3) is 0 Å². The first-order valence-corrected chi connectivity index (χ1v) is 8.09. The first-order valence-electron chi connectivity index (χ1n) is 8.09. The highest BCUT2D eigenvalue weighted by Crippen LogP contribution is 2.31. The number of piperidine rings is 1. The number of hydrogen-bond acceptors (Lipinski definition) is 2. The SMILES string of the molecule is CN(C)CCn1ccc2ccc(C3CCCCN3C)cc21. The molecule has 1 fully saturated rings. The minimum absolute atomic E-state index is 0.598. The van der Waals surface area contributed by atoms with Crippen molar-refractivity contribution in [1.82, 2.24) is 14.4 Å². The third-order valence-corrected chi connectivity index (χ3v) is 4.74. The molecule has 0 amide bonds. The molecule has 1 aromatic heterocycles. The van der Waals surface area contributed by atoms with Crippen molar-refractivity contribution in [2.45, 2.75) is 31.8 Å². The molecule has 21 heavy (non-hydrogen) atoms. The number of fused-ring (bicyclic) bond motifs is 1. The normalized spacial score (nSPS) is 20.5. The number of likely N-dealkylation sites (N-methyl/N-ethyl adjacent to an activating group) is 1. The quantitative estimate of drug-likeness (QED) is 0.853. The zero-order chi connectivity index (χ0) is 14.8. The van der Waals surface area contributed by atoms with E-state index in [1.807, 2.05) is 0 Å². The Morgan fingerprint density at radius 1 is 1.19 bits per heavy atom. The molecule has 2 aromatic rings. The molecular formula is C18H27N3. The Labute approximate surface area is 128 Å². The van der Waals surface area contributed by atoms with E-state index >= 15 is 0 Å². The minimum atomic E-state index is 0.598. The summed E-state index contributed by atoms with van der Waals surface area (Å²) in [5.74, 6) is 0. The van der Waals surface area contributed by atoms with Crippen LogP contribution in [-0.2, 0) is 6.54 Å². The van der Waals surface area contributed by atoms with Gasteiger partial charge in [0.05, 0.1) is 0 Å². The van der Waals surface area contributed by atoms with Gasteiger partial charge in [-0.2, -0.15) is 0 Å².